The second-order valence-electron chi connectivity index (χ2n) is 3.75. The molecule has 6 heteroatoms. The molecular weight excluding hydrogens is 245 g/mol. The highest BCUT2D eigenvalue weighted by atomic mass is 19.4. The summed E-state index contributed by atoms with van der Waals surface area (Å²) in [6.45, 7) is 2.87. The number of amides is 1. The number of carbonyl (C=O) groups excluding carboxylic acids is 1. The lowest BCUT2D eigenvalue weighted by atomic mass is 10.1. The van der Waals surface area contributed by atoms with Gasteiger partial charge in [0.15, 0.2) is 0 Å². The van der Waals surface area contributed by atoms with Gasteiger partial charge in [0.25, 0.3) is 0 Å². The van der Waals surface area contributed by atoms with E-state index >= 15 is 0 Å². The summed E-state index contributed by atoms with van der Waals surface area (Å²) < 4.78 is 36.9. The Morgan fingerprint density at radius 2 is 1.83 bits per heavy atom. The predicted octanol–water partition coefficient (Wildman–Crippen LogP) is 1.93. The van der Waals surface area contributed by atoms with Crippen molar-refractivity contribution in [2.24, 2.45) is 0 Å². The molecule has 0 heterocycles. The fraction of sp³-hybridized carbons (Fsp3) is 0.417. The van der Waals surface area contributed by atoms with Gasteiger partial charge in [0.1, 0.15) is 0 Å². The summed E-state index contributed by atoms with van der Waals surface area (Å²) in [7, 11) is 0. The van der Waals surface area contributed by atoms with E-state index in [0.29, 0.717) is 18.7 Å². The highest BCUT2D eigenvalue weighted by Crippen LogP contribution is 2.28. The monoisotopic (exact) mass is 260 g/mol. The third-order valence-electron chi connectivity index (χ3n) is 2.27. The van der Waals surface area contributed by atoms with Crippen molar-refractivity contribution < 1.29 is 18.0 Å². The van der Waals surface area contributed by atoms with Crippen molar-refractivity contribution in [2.45, 2.75) is 19.6 Å². The number of hydrogen-bond donors (Lipinski definition) is 2. The van der Waals surface area contributed by atoms with E-state index in [1.54, 1.807) is 0 Å². The first-order valence-corrected chi connectivity index (χ1v) is 5.57. The highest BCUT2D eigenvalue weighted by molar-refractivity contribution is 5.77. The van der Waals surface area contributed by atoms with Crippen LogP contribution in [0.3, 0.4) is 0 Å². The molecule has 0 aromatic heterocycles. The van der Waals surface area contributed by atoms with Crippen LogP contribution in [0.4, 0.5) is 13.2 Å². The van der Waals surface area contributed by atoms with Gasteiger partial charge in [0, 0.05) is 13.1 Å². The summed E-state index contributed by atoms with van der Waals surface area (Å²) in [6, 6.07) is 4.85. The maximum Gasteiger partial charge on any atom is 0.416 e. The molecule has 0 aliphatic heterocycles. The minimum Gasteiger partial charge on any atom is -0.355 e. The van der Waals surface area contributed by atoms with Crippen LogP contribution in [0.2, 0.25) is 0 Å². The van der Waals surface area contributed by atoms with Gasteiger partial charge in [-0.15, -0.1) is 0 Å². The van der Waals surface area contributed by atoms with Gasteiger partial charge in [0.05, 0.1) is 12.1 Å². The Kier molecular flexibility index (Phi) is 5.15. The van der Waals surface area contributed by atoms with E-state index in [9.17, 15) is 18.0 Å². The molecule has 1 rings (SSSR count). The van der Waals surface area contributed by atoms with E-state index in [1.807, 2.05) is 6.92 Å². The molecule has 0 aliphatic rings. The first-order valence-electron chi connectivity index (χ1n) is 5.57. The van der Waals surface area contributed by atoms with E-state index in [-0.39, 0.29) is 12.5 Å². The largest absolute Gasteiger partial charge is 0.416 e. The third-order valence-corrected chi connectivity index (χ3v) is 2.27. The molecule has 2 N–H and O–H groups in total. The van der Waals surface area contributed by atoms with Crippen LogP contribution >= 0.6 is 0 Å². The summed E-state index contributed by atoms with van der Waals surface area (Å²) >= 11 is 0. The first kappa shape index (κ1) is 14.5. The van der Waals surface area contributed by atoms with Crippen LogP contribution in [0.15, 0.2) is 24.3 Å². The Hall–Kier alpha value is -1.56. The number of benzene rings is 1. The molecule has 18 heavy (non-hydrogen) atoms. The Bertz CT molecular complexity index is 387. The zero-order valence-electron chi connectivity index (χ0n) is 9.97. The quantitative estimate of drug-likeness (QED) is 0.849. The van der Waals surface area contributed by atoms with Gasteiger partial charge >= 0.3 is 6.18 Å². The summed E-state index contributed by atoms with van der Waals surface area (Å²) in [4.78, 5) is 11.1. The molecule has 0 saturated heterocycles. The van der Waals surface area contributed by atoms with Gasteiger partial charge in [-0.2, -0.15) is 13.2 Å². The number of alkyl halides is 3. The van der Waals surface area contributed by atoms with Crippen molar-refractivity contribution in [3.8, 4) is 0 Å². The molecule has 1 aromatic rings. The molecule has 3 nitrogen and oxygen atoms in total. The predicted molar refractivity (Wildman–Crippen MR) is 61.8 cm³/mol. The second kappa shape index (κ2) is 6.39. The Labute approximate surface area is 103 Å². The van der Waals surface area contributed by atoms with Crippen LogP contribution in [-0.2, 0) is 17.5 Å². The van der Waals surface area contributed by atoms with Crippen LogP contribution in [0, 0.1) is 0 Å². The van der Waals surface area contributed by atoms with E-state index in [2.05, 4.69) is 10.6 Å². The fourth-order valence-corrected chi connectivity index (χ4v) is 1.39. The van der Waals surface area contributed by atoms with Crippen molar-refractivity contribution in [2.75, 3.05) is 13.1 Å². The van der Waals surface area contributed by atoms with Crippen molar-refractivity contribution in [1.82, 2.24) is 10.6 Å². The van der Waals surface area contributed by atoms with Gasteiger partial charge in [-0.1, -0.05) is 12.1 Å². The molecule has 0 fully saturated rings. The van der Waals surface area contributed by atoms with E-state index < -0.39 is 11.7 Å². The van der Waals surface area contributed by atoms with Crippen LogP contribution in [0.5, 0.6) is 0 Å². The van der Waals surface area contributed by atoms with Crippen molar-refractivity contribution >= 4 is 5.91 Å². The number of rotatable bonds is 5. The summed E-state index contributed by atoms with van der Waals surface area (Å²) in [5, 5.41) is 5.46. The average Bonchev–Trinajstić information content (AvgIpc) is 2.29. The Balaban J connectivity index is 2.42. The molecule has 0 bridgehead atoms. The lowest BCUT2D eigenvalue weighted by Gasteiger charge is -2.08. The third kappa shape index (κ3) is 4.75. The van der Waals surface area contributed by atoms with Crippen molar-refractivity contribution in [1.29, 1.82) is 0 Å². The van der Waals surface area contributed by atoms with Crippen LogP contribution in [0.1, 0.15) is 18.1 Å². The smallest absolute Gasteiger partial charge is 0.355 e. The van der Waals surface area contributed by atoms with Gasteiger partial charge in [-0.05, 0) is 24.6 Å². The maximum atomic E-state index is 12.3. The second-order valence-corrected chi connectivity index (χ2v) is 3.75. The fourth-order valence-electron chi connectivity index (χ4n) is 1.39. The molecule has 0 radical (unpaired) electrons. The minimum atomic E-state index is -4.31. The van der Waals surface area contributed by atoms with Crippen molar-refractivity contribution in [3.05, 3.63) is 35.4 Å². The zero-order chi connectivity index (χ0) is 13.6. The number of nitrogens with one attached hydrogen (secondary N) is 2. The van der Waals surface area contributed by atoms with Gasteiger partial charge in [-0.25, -0.2) is 0 Å². The topological polar surface area (TPSA) is 41.1 Å². The molecule has 100 valence electrons. The standard InChI is InChI=1S/C12H15F3N2O/c1-2-17-11(18)8-16-7-9-3-5-10(6-4-9)12(13,14)15/h3-6,16H,2,7-8H2,1H3,(H,17,18). The summed E-state index contributed by atoms with van der Waals surface area (Å²) in [6.07, 6.45) is -4.31. The number of halogens is 3. The molecule has 1 aromatic carbocycles. The molecular formula is C12H15F3N2O. The Morgan fingerprint density at radius 3 is 2.33 bits per heavy atom. The molecule has 0 saturated carbocycles. The van der Waals surface area contributed by atoms with Gasteiger partial charge in [0.2, 0.25) is 5.91 Å². The normalized spacial score (nSPS) is 11.3. The van der Waals surface area contributed by atoms with Crippen LogP contribution in [0.25, 0.3) is 0 Å². The van der Waals surface area contributed by atoms with E-state index in [0.717, 1.165) is 12.1 Å². The van der Waals surface area contributed by atoms with Crippen molar-refractivity contribution in [3.63, 3.8) is 0 Å². The lowest BCUT2D eigenvalue weighted by molar-refractivity contribution is -0.137. The Morgan fingerprint density at radius 1 is 1.22 bits per heavy atom. The lowest BCUT2D eigenvalue weighted by Crippen LogP contribution is -2.33. The van der Waals surface area contributed by atoms with E-state index in [4.69, 9.17) is 0 Å². The maximum absolute atomic E-state index is 12.3. The minimum absolute atomic E-state index is 0.135. The summed E-state index contributed by atoms with van der Waals surface area (Å²) in [5.74, 6) is -0.135. The van der Waals surface area contributed by atoms with Gasteiger partial charge < -0.3 is 10.6 Å². The average molecular weight is 260 g/mol. The SMILES string of the molecule is CCNC(=O)CNCc1ccc(C(F)(F)F)cc1. The van der Waals surface area contributed by atoms with Crippen LogP contribution in [-0.4, -0.2) is 19.0 Å². The molecule has 0 spiro atoms. The number of likely N-dealkylation sites (N-methyl/N-ethyl adjacent to an activating group) is 1. The zero-order valence-corrected chi connectivity index (χ0v) is 9.97. The molecule has 1 amide bonds. The molecule has 0 atom stereocenters. The number of carbonyl (C=O) groups is 1. The van der Waals surface area contributed by atoms with Crippen LogP contribution < -0.4 is 10.6 Å². The van der Waals surface area contributed by atoms with E-state index in [1.165, 1.54) is 12.1 Å². The summed E-state index contributed by atoms with van der Waals surface area (Å²) in [5.41, 5.74) is 0.0299. The number of hydrogen-bond acceptors (Lipinski definition) is 2. The van der Waals surface area contributed by atoms with Gasteiger partial charge in [-0.3, -0.25) is 4.79 Å². The molecule has 0 unspecified atom stereocenters. The first-order chi connectivity index (χ1) is 8.43. The highest BCUT2D eigenvalue weighted by Gasteiger charge is 2.29. The molecule has 0 aliphatic carbocycles.